The summed E-state index contributed by atoms with van der Waals surface area (Å²) >= 11 is 0. The number of carbonyl (C=O) groups is 1. The van der Waals surface area contributed by atoms with Gasteiger partial charge in [-0.05, 0) is 17.5 Å². The molecule has 0 saturated carbocycles. The highest BCUT2D eigenvalue weighted by atomic mass is 16.3. The Bertz CT molecular complexity index is 698. The van der Waals surface area contributed by atoms with Gasteiger partial charge >= 0.3 is 0 Å². The van der Waals surface area contributed by atoms with Gasteiger partial charge in [0.05, 0.1) is 0 Å². The Balaban J connectivity index is 1.66. The molecule has 2 aromatic carbocycles. The SMILES string of the molecule is O=C(CO)N1CCC2NNC(C(c3ccccc3)c3ccccc3)C2C1. The number of piperidine rings is 1. The summed E-state index contributed by atoms with van der Waals surface area (Å²) in [6.07, 6.45) is 0.899. The first-order valence-electron chi connectivity index (χ1n) is 9.27. The van der Waals surface area contributed by atoms with Gasteiger partial charge < -0.3 is 10.0 Å². The molecule has 0 spiro atoms. The molecule has 2 saturated heterocycles. The van der Waals surface area contributed by atoms with E-state index in [1.165, 1.54) is 11.1 Å². The van der Waals surface area contributed by atoms with Crippen LogP contribution in [0.3, 0.4) is 0 Å². The second-order valence-corrected chi connectivity index (χ2v) is 7.17. The van der Waals surface area contributed by atoms with Crippen molar-refractivity contribution in [3.63, 3.8) is 0 Å². The molecule has 3 N–H and O–H groups in total. The quantitative estimate of drug-likeness (QED) is 0.781. The lowest BCUT2D eigenvalue weighted by Gasteiger charge is -2.38. The molecule has 26 heavy (non-hydrogen) atoms. The summed E-state index contributed by atoms with van der Waals surface area (Å²) in [5.41, 5.74) is 9.51. The fourth-order valence-electron chi connectivity index (χ4n) is 4.42. The molecule has 5 heteroatoms. The Hall–Kier alpha value is -2.21. The van der Waals surface area contributed by atoms with E-state index in [1.54, 1.807) is 4.90 Å². The molecule has 2 heterocycles. The van der Waals surface area contributed by atoms with Crippen LogP contribution in [0.4, 0.5) is 0 Å². The number of amides is 1. The van der Waals surface area contributed by atoms with Gasteiger partial charge in [-0.3, -0.25) is 15.6 Å². The molecule has 2 aliphatic heterocycles. The van der Waals surface area contributed by atoms with Gasteiger partial charge in [-0.2, -0.15) is 0 Å². The van der Waals surface area contributed by atoms with Gasteiger partial charge in [-0.1, -0.05) is 60.7 Å². The van der Waals surface area contributed by atoms with E-state index in [-0.39, 0.29) is 17.9 Å². The highest BCUT2D eigenvalue weighted by Crippen LogP contribution is 2.37. The molecule has 2 aromatic rings. The number of nitrogens with zero attached hydrogens (tertiary/aromatic N) is 1. The van der Waals surface area contributed by atoms with Gasteiger partial charge in [0.1, 0.15) is 6.61 Å². The van der Waals surface area contributed by atoms with Crippen molar-refractivity contribution < 1.29 is 9.90 Å². The molecule has 0 radical (unpaired) electrons. The number of hydrogen-bond acceptors (Lipinski definition) is 4. The topological polar surface area (TPSA) is 64.6 Å². The summed E-state index contributed by atoms with van der Waals surface area (Å²) in [6, 6.07) is 21.6. The van der Waals surface area contributed by atoms with Crippen molar-refractivity contribution in [3.8, 4) is 0 Å². The van der Waals surface area contributed by atoms with Crippen LogP contribution >= 0.6 is 0 Å². The van der Waals surface area contributed by atoms with Crippen molar-refractivity contribution in [3.05, 3.63) is 71.8 Å². The van der Waals surface area contributed by atoms with Gasteiger partial charge in [0.25, 0.3) is 0 Å². The van der Waals surface area contributed by atoms with E-state index in [4.69, 9.17) is 0 Å². The zero-order valence-corrected chi connectivity index (χ0v) is 14.7. The highest BCUT2D eigenvalue weighted by molar-refractivity contribution is 5.77. The van der Waals surface area contributed by atoms with Crippen molar-refractivity contribution in [2.24, 2.45) is 5.92 Å². The van der Waals surface area contributed by atoms with E-state index >= 15 is 0 Å². The lowest BCUT2D eigenvalue weighted by atomic mass is 9.76. The number of hydrazine groups is 1. The summed E-state index contributed by atoms with van der Waals surface area (Å²) in [7, 11) is 0. The second-order valence-electron chi connectivity index (χ2n) is 7.17. The maximum atomic E-state index is 12.0. The molecule has 136 valence electrons. The fraction of sp³-hybridized carbons (Fsp3) is 0.381. The van der Waals surface area contributed by atoms with Crippen LogP contribution < -0.4 is 10.9 Å². The number of likely N-dealkylation sites (tertiary alicyclic amines) is 1. The predicted molar refractivity (Wildman–Crippen MR) is 100 cm³/mol. The van der Waals surface area contributed by atoms with Crippen LogP contribution in [0.15, 0.2) is 60.7 Å². The Labute approximate surface area is 154 Å². The van der Waals surface area contributed by atoms with Crippen molar-refractivity contribution in [1.29, 1.82) is 0 Å². The van der Waals surface area contributed by atoms with Gasteiger partial charge in [0.2, 0.25) is 5.91 Å². The lowest BCUT2D eigenvalue weighted by Crippen LogP contribution is -2.50. The molecule has 0 aromatic heterocycles. The molecule has 2 fully saturated rings. The molecule has 5 nitrogen and oxygen atoms in total. The van der Waals surface area contributed by atoms with Crippen LogP contribution in [0.5, 0.6) is 0 Å². The third-order valence-corrected chi connectivity index (χ3v) is 5.72. The van der Waals surface area contributed by atoms with Crippen molar-refractivity contribution in [2.75, 3.05) is 19.7 Å². The van der Waals surface area contributed by atoms with E-state index in [1.807, 2.05) is 12.1 Å². The normalized spacial score (nSPS) is 25.3. The Morgan fingerprint density at radius 1 is 1.04 bits per heavy atom. The van der Waals surface area contributed by atoms with Crippen LogP contribution in [0.2, 0.25) is 0 Å². The molecule has 4 rings (SSSR count). The van der Waals surface area contributed by atoms with Crippen LogP contribution in [0, 0.1) is 5.92 Å². The molecule has 3 unspecified atom stereocenters. The maximum absolute atomic E-state index is 12.0. The molecule has 2 aliphatic rings. The third kappa shape index (κ3) is 3.26. The lowest BCUT2D eigenvalue weighted by molar-refractivity contribution is -0.136. The minimum Gasteiger partial charge on any atom is -0.387 e. The van der Waals surface area contributed by atoms with Crippen molar-refractivity contribution in [1.82, 2.24) is 15.8 Å². The number of aliphatic hydroxyl groups is 1. The molecular formula is C21H25N3O2. The standard InChI is InChI=1S/C21H25N3O2/c25-14-19(26)24-12-11-18-17(13-24)21(23-22-18)20(15-7-3-1-4-8-15)16-9-5-2-6-10-16/h1-10,17-18,20-23,25H,11-14H2. The van der Waals surface area contributed by atoms with Gasteiger partial charge in [0, 0.05) is 37.0 Å². The minimum absolute atomic E-state index is 0.176. The average molecular weight is 351 g/mol. The summed E-state index contributed by atoms with van der Waals surface area (Å²) in [5, 5.41) is 9.24. The highest BCUT2D eigenvalue weighted by Gasteiger charge is 2.44. The summed E-state index contributed by atoms with van der Waals surface area (Å²) in [4.78, 5) is 13.8. The van der Waals surface area contributed by atoms with Crippen LogP contribution in [-0.2, 0) is 4.79 Å². The Morgan fingerprint density at radius 3 is 2.23 bits per heavy atom. The van der Waals surface area contributed by atoms with E-state index in [0.29, 0.717) is 25.0 Å². The van der Waals surface area contributed by atoms with E-state index in [0.717, 1.165) is 6.42 Å². The van der Waals surface area contributed by atoms with E-state index in [2.05, 4.69) is 59.4 Å². The third-order valence-electron chi connectivity index (χ3n) is 5.72. The van der Waals surface area contributed by atoms with Crippen molar-refractivity contribution in [2.45, 2.75) is 24.4 Å². The van der Waals surface area contributed by atoms with Crippen molar-refractivity contribution >= 4 is 5.91 Å². The van der Waals surface area contributed by atoms with Crippen LogP contribution in [0.25, 0.3) is 0 Å². The second kappa shape index (κ2) is 7.58. The summed E-state index contributed by atoms with van der Waals surface area (Å²) in [6.45, 7) is 0.956. The summed E-state index contributed by atoms with van der Waals surface area (Å²) in [5.74, 6) is 0.318. The smallest absolute Gasteiger partial charge is 0.248 e. The minimum atomic E-state index is -0.413. The first-order valence-corrected chi connectivity index (χ1v) is 9.27. The summed E-state index contributed by atoms with van der Waals surface area (Å²) < 4.78 is 0. The fourth-order valence-corrected chi connectivity index (χ4v) is 4.42. The number of fused-ring (bicyclic) bond motifs is 1. The van der Waals surface area contributed by atoms with Gasteiger partial charge in [-0.15, -0.1) is 0 Å². The zero-order chi connectivity index (χ0) is 17.9. The van der Waals surface area contributed by atoms with Crippen LogP contribution in [-0.4, -0.2) is 47.7 Å². The van der Waals surface area contributed by atoms with Gasteiger partial charge in [-0.25, -0.2) is 0 Å². The first-order chi connectivity index (χ1) is 12.8. The number of nitrogens with one attached hydrogen (secondary N) is 2. The van der Waals surface area contributed by atoms with E-state index < -0.39 is 6.61 Å². The maximum Gasteiger partial charge on any atom is 0.248 e. The molecule has 0 bridgehead atoms. The number of rotatable bonds is 4. The molecule has 3 atom stereocenters. The monoisotopic (exact) mass is 351 g/mol. The number of benzene rings is 2. The van der Waals surface area contributed by atoms with Crippen LogP contribution in [0.1, 0.15) is 23.5 Å². The molecule has 0 aliphatic carbocycles. The average Bonchev–Trinajstić information content (AvgIpc) is 3.12. The Morgan fingerprint density at radius 2 is 1.65 bits per heavy atom. The zero-order valence-electron chi connectivity index (χ0n) is 14.7. The predicted octanol–water partition coefficient (Wildman–Crippen LogP) is 1.50. The molecular weight excluding hydrogens is 326 g/mol. The van der Waals surface area contributed by atoms with E-state index in [9.17, 15) is 9.90 Å². The number of aliphatic hydroxyl groups excluding tert-OH is 1. The Kier molecular flexibility index (Phi) is 5.02. The number of carbonyl (C=O) groups excluding carboxylic acids is 1. The largest absolute Gasteiger partial charge is 0.387 e. The molecule has 1 amide bonds. The van der Waals surface area contributed by atoms with Gasteiger partial charge in [0.15, 0.2) is 0 Å². The number of hydrogen-bond donors (Lipinski definition) is 3. The first kappa shape index (κ1) is 17.2.